The largest absolute Gasteiger partial charge is 0.423 e. The maximum atomic E-state index is 12.0. The van der Waals surface area contributed by atoms with Crippen molar-refractivity contribution >= 4 is 35.2 Å². The Morgan fingerprint density at radius 1 is 1.00 bits per heavy atom. The molecule has 0 saturated carbocycles. The van der Waals surface area contributed by atoms with E-state index in [2.05, 4.69) is 0 Å². The van der Waals surface area contributed by atoms with Gasteiger partial charge in [0.25, 0.3) is 0 Å². The van der Waals surface area contributed by atoms with E-state index >= 15 is 0 Å². The third-order valence-corrected chi connectivity index (χ3v) is 3.54. The number of ether oxygens (including phenoxy) is 1. The molecule has 0 heterocycles. The molecular formula is C17H8Cl2N2O2. The highest BCUT2D eigenvalue weighted by Gasteiger charge is 2.10. The lowest BCUT2D eigenvalue weighted by Crippen LogP contribution is -2.08. The fourth-order valence-electron chi connectivity index (χ4n) is 1.68. The zero-order valence-electron chi connectivity index (χ0n) is 11.6. The lowest BCUT2D eigenvalue weighted by Gasteiger charge is -2.05. The Kier molecular flexibility index (Phi) is 5.38. The van der Waals surface area contributed by atoms with Crippen molar-refractivity contribution in [2.24, 2.45) is 0 Å². The summed E-state index contributed by atoms with van der Waals surface area (Å²) in [4.78, 5) is 12.0. The average molecular weight is 343 g/mol. The molecule has 4 nitrogen and oxygen atoms in total. The number of hydrogen-bond acceptors (Lipinski definition) is 4. The van der Waals surface area contributed by atoms with Crippen LogP contribution in [0.4, 0.5) is 0 Å². The predicted octanol–water partition coefficient (Wildman–Crippen LogP) is 4.64. The number of esters is 1. The summed E-state index contributed by atoms with van der Waals surface area (Å²) in [6, 6.07) is 14.4. The van der Waals surface area contributed by atoms with Gasteiger partial charge in [-0.2, -0.15) is 10.5 Å². The summed E-state index contributed by atoms with van der Waals surface area (Å²) in [6.07, 6.45) is 1.44. The van der Waals surface area contributed by atoms with Gasteiger partial charge in [0, 0.05) is 0 Å². The number of allylic oxidation sites excluding steroid dienone is 1. The molecule has 0 N–H and O–H groups in total. The highest BCUT2D eigenvalue weighted by Crippen LogP contribution is 2.23. The highest BCUT2D eigenvalue weighted by molar-refractivity contribution is 6.42. The van der Waals surface area contributed by atoms with Gasteiger partial charge in [0.05, 0.1) is 15.6 Å². The van der Waals surface area contributed by atoms with Gasteiger partial charge in [0.1, 0.15) is 23.5 Å². The molecule has 2 rings (SSSR count). The number of benzene rings is 2. The molecule has 0 saturated heterocycles. The zero-order valence-corrected chi connectivity index (χ0v) is 13.1. The van der Waals surface area contributed by atoms with Crippen LogP contribution in [0.1, 0.15) is 15.9 Å². The van der Waals surface area contributed by atoms with Gasteiger partial charge < -0.3 is 4.74 Å². The number of rotatable bonds is 3. The van der Waals surface area contributed by atoms with Crippen LogP contribution in [0.25, 0.3) is 6.08 Å². The Balaban J connectivity index is 2.13. The van der Waals surface area contributed by atoms with Crippen molar-refractivity contribution in [1.82, 2.24) is 0 Å². The smallest absolute Gasteiger partial charge is 0.343 e. The molecule has 2 aromatic carbocycles. The molecule has 112 valence electrons. The van der Waals surface area contributed by atoms with Crippen LogP contribution in [0.2, 0.25) is 10.0 Å². The quantitative estimate of drug-likeness (QED) is 0.462. The molecule has 0 aliphatic rings. The second-order valence-corrected chi connectivity index (χ2v) is 5.18. The van der Waals surface area contributed by atoms with Crippen molar-refractivity contribution in [2.75, 3.05) is 0 Å². The summed E-state index contributed by atoms with van der Waals surface area (Å²) in [5.41, 5.74) is 0.919. The lowest BCUT2D eigenvalue weighted by atomic mass is 10.1. The number of halogens is 2. The predicted molar refractivity (Wildman–Crippen MR) is 87.1 cm³/mol. The van der Waals surface area contributed by atoms with Crippen LogP contribution in [0.15, 0.2) is 48.0 Å². The molecule has 0 amide bonds. The Morgan fingerprint density at radius 3 is 2.22 bits per heavy atom. The third-order valence-electron chi connectivity index (χ3n) is 2.80. The van der Waals surface area contributed by atoms with E-state index in [0.29, 0.717) is 16.3 Å². The SMILES string of the molecule is N#CC(C#N)=Cc1ccc(OC(=O)c2ccc(Cl)c(Cl)c2)cc1. The molecular weight excluding hydrogens is 335 g/mol. The maximum absolute atomic E-state index is 12.0. The molecule has 0 aliphatic heterocycles. The van der Waals surface area contributed by atoms with E-state index in [0.717, 1.165) is 0 Å². The first-order chi connectivity index (χ1) is 11.0. The Morgan fingerprint density at radius 2 is 1.65 bits per heavy atom. The maximum Gasteiger partial charge on any atom is 0.343 e. The molecule has 6 heteroatoms. The van der Waals surface area contributed by atoms with Gasteiger partial charge >= 0.3 is 5.97 Å². The average Bonchev–Trinajstić information content (AvgIpc) is 2.56. The lowest BCUT2D eigenvalue weighted by molar-refractivity contribution is 0.0735. The van der Waals surface area contributed by atoms with Crippen LogP contribution in [0.5, 0.6) is 5.75 Å². The molecule has 23 heavy (non-hydrogen) atoms. The molecule has 2 aromatic rings. The fourth-order valence-corrected chi connectivity index (χ4v) is 1.98. The van der Waals surface area contributed by atoms with Gasteiger partial charge in [-0.05, 0) is 42.0 Å². The number of hydrogen-bond donors (Lipinski definition) is 0. The summed E-state index contributed by atoms with van der Waals surface area (Å²) in [5, 5.41) is 18.0. The topological polar surface area (TPSA) is 73.9 Å². The minimum absolute atomic E-state index is 0.00875. The molecule has 0 aliphatic carbocycles. The zero-order chi connectivity index (χ0) is 16.8. The van der Waals surface area contributed by atoms with Crippen LogP contribution in [0.3, 0.4) is 0 Å². The molecule has 0 unspecified atom stereocenters. The first-order valence-electron chi connectivity index (χ1n) is 6.32. The highest BCUT2D eigenvalue weighted by atomic mass is 35.5. The van der Waals surface area contributed by atoms with Crippen molar-refractivity contribution in [3.8, 4) is 17.9 Å². The Hall–Kier alpha value is -2.79. The summed E-state index contributed by atoms with van der Waals surface area (Å²) in [6.45, 7) is 0. The van der Waals surface area contributed by atoms with Crippen molar-refractivity contribution in [3.63, 3.8) is 0 Å². The van der Waals surface area contributed by atoms with Crippen LogP contribution in [-0.4, -0.2) is 5.97 Å². The minimum atomic E-state index is -0.568. The summed E-state index contributed by atoms with van der Waals surface area (Å²) in [7, 11) is 0. The summed E-state index contributed by atoms with van der Waals surface area (Å²) < 4.78 is 5.22. The molecule has 0 fully saturated rings. The molecule has 0 radical (unpaired) electrons. The fraction of sp³-hybridized carbons (Fsp3) is 0. The number of nitrogens with zero attached hydrogens (tertiary/aromatic N) is 2. The van der Waals surface area contributed by atoms with E-state index in [9.17, 15) is 4.79 Å². The van der Waals surface area contributed by atoms with E-state index in [1.165, 1.54) is 24.3 Å². The van der Waals surface area contributed by atoms with Crippen LogP contribution in [-0.2, 0) is 0 Å². The van der Waals surface area contributed by atoms with Gasteiger partial charge in [-0.25, -0.2) is 4.79 Å². The van der Waals surface area contributed by atoms with Gasteiger partial charge in [0.2, 0.25) is 0 Å². The normalized spacial score (nSPS) is 9.39. The van der Waals surface area contributed by atoms with Crippen molar-refractivity contribution < 1.29 is 9.53 Å². The van der Waals surface area contributed by atoms with Gasteiger partial charge in [0.15, 0.2) is 0 Å². The van der Waals surface area contributed by atoms with E-state index < -0.39 is 5.97 Å². The molecule has 0 atom stereocenters. The van der Waals surface area contributed by atoms with E-state index in [1.807, 2.05) is 0 Å². The Labute approximate surface area is 142 Å². The molecule has 0 spiro atoms. The minimum Gasteiger partial charge on any atom is -0.423 e. The third kappa shape index (κ3) is 4.34. The number of carbonyl (C=O) groups is 1. The van der Waals surface area contributed by atoms with Crippen LogP contribution >= 0.6 is 23.2 Å². The first kappa shape index (κ1) is 16.6. The van der Waals surface area contributed by atoms with Gasteiger partial charge in [-0.3, -0.25) is 0 Å². The van der Waals surface area contributed by atoms with Crippen molar-refractivity contribution in [2.45, 2.75) is 0 Å². The van der Waals surface area contributed by atoms with Crippen LogP contribution in [0, 0.1) is 22.7 Å². The standard InChI is InChI=1S/C17H8Cl2N2O2/c18-15-6-3-13(8-16(15)19)17(22)23-14-4-1-11(2-5-14)7-12(9-20)10-21/h1-8H. The Bertz CT molecular complexity index is 844. The van der Waals surface area contributed by atoms with Gasteiger partial charge in [-0.15, -0.1) is 0 Å². The van der Waals surface area contributed by atoms with Crippen LogP contribution < -0.4 is 4.74 Å². The number of nitriles is 2. The van der Waals surface area contributed by atoms with E-state index in [4.69, 9.17) is 38.5 Å². The molecule has 0 bridgehead atoms. The van der Waals surface area contributed by atoms with Gasteiger partial charge in [-0.1, -0.05) is 35.3 Å². The molecule has 0 aromatic heterocycles. The number of carbonyl (C=O) groups excluding carboxylic acids is 1. The van der Waals surface area contributed by atoms with E-state index in [1.54, 1.807) is 36.4 Å². The van der Waals surface area contributed by atoms with E-state index in [-0.39, 0.29) is 16.2 Å². The second-order valence-electron chi connectivity index (χ2n) is 4.37. The first-order valence-corrected chi connectivity index (χ1v) is 7.08. The monoisotopic (exact) mass is 342 g/mol. The van der Waals surface area contributed by atoms with Crippen molar-refractivity contribution in [3.05, 3.63) is 69.2 Å². The summed E-state index contributed by atoms with van der Waals surface area (Å²) >= 11 is 11.7. The summed E-state index contributed by atoms with van der Waals surface area (Å²) in [5.74, 6) is -0.240. The van der Waals surface area contributed by atoms with Crippen molar-refractivity contribution in [1.29, 1.82) is 10.5 Å². The second kappa shape index (κ2) is 7.47.